The maximum atomic E-state index is 12.0. The largest absolute Gasteiger partial charge is 0.374 e. The lowest BCUT2D eigenvalue weighted by Crippen LogP contribution is -2.21. The summed E-state index contributed by atoms with van der Waals surface area (Å²) in [6.45, 7) is 0.734. The van der Waals surface area contributed by atoms with Crippen molar-refractivity contribution in [1.29, 1.82) is 0 Å². The molecular weight excluding hydrogens is 222 g/mol. The van der Waals surface area contributed by atoms with Gasteiger partial charge in [0.2, 0.25) is 0 Å². The van der Waals surface area contributed by atoms with Crippen molar-refractivity contribution in [1.82, 2.24) is 0 Å². The van der Waals surface area contributed by atoms with E-state index in [1.807, 2.05) is 67.7 Å². The minimum Gasteiger partial charge on any atom is -0.374 e. The summed E-state index contributed by atoms with van der Waals surface area (Å²) in [5, 5.41) is 0. The number of hydrogen-bond donors (Lipinski definition) is 0. The molecule has 18 heavy (non-hydrogen) atoms. The van der Waals surface area contributed by atoms with E-state index in [4.69, 9.17) is 0 Å². The lowest BCUT2D eigenvalue weighted by molar-refractivity contribution is 0.0985. The van der Waals surface area contributed by atoms with E-state index in [2.05, 4.69) is 4.90 Å². The lowest BCUT2D eigenvalue weighted by Gasteiger charge is -2.18. The molecule has 2 aromatic carbocycles. The Morgan fingerprint density at radius 2 is 1.50 bits per heavy atom. The Morgan fingerprint density at radius 1 is 0.944 bits per heavy atom. The van der Waals surface area contributed by atoms with Gasteiger partial charge in [-0.05, 0) is 12.1 Å². The highest BCUT2D eigenvalue weighted by atomic mass is 16.1. The van der Waals surface area contributed by atoms with Gasteiger partial charge >= 0.3 is 0 Å². The highest BCUT2D eigenvalue weighted by Gasteiger charge is 2.07. The summed E-state index contributed by atoms with van der Waals surface area (Å²) >= 11 is 0. The first-order valence-electron chi connectivity index (χ1n) is 6.12. The van der Waals surface area contributed by atoms with Crippen LogP contribution in [0.3, 0.4) is 0 Å². The Morgan fingerprint density at radius 3 is 2.11 bits per heavy atom. The fourth-order valence-electron chi connectivity index (χ4n) is 1.85. The molecule has 0 atom stereocenters. The maximum absolute atomic E-state index is 12.0. The molecule has 0 aliphatic carbocycles. The molecule has 2 heteroatoms. The first kappa shape index (κ1) is 12.4. The van der Waals surface area contributed by atoms with Crippen molar-refractivity contribution in [3.63, 3.8) is 0 Å². The summed E-state index contributed by atoms with van der Waals surface area (Å²) in [6.07, 6.45) is 0.537. The lowest BCUT2D eigenvalue weighted by atomic mass is 10.1. The van der Waals surface area contributed by atoms with Crippen molar-refractivity contribution in [3.8, 4) is 0 Å². The number of para-hydroxylation sites is 1. The normalized spacial score (nSPS) is 10.1. The zero-order chi connectivity index (χ0) is 12.8. The third-order valence-electron chi connectivity index (χ3n) is 2.97. The maximum Gasteiger partial charge on any atom is 0.164 e. The zero-order valence-corrected chi connectivity index (χ0v) is 10.5. The number of hydrogen-bond acceptors (Lipinski definition) is 2. The third-order valence-corrected chi connectivity index (χ3v) is 2.97. The second kappa shape index (κ2) is 6.01. The van der Waals surface area contributed by atoms with Gasteiger partial charge in [0.1, 0.15) is 0 Å². The van der Waals surface area contributed by atoms with Gasteiger partial charge < -0.3 is 4.90 Å². The summed E-state index contributed by atoms with van der Waals surface area (Å²) in [4.78, 5) is 14.1. The number of carbonyl (C=O) groups is 1. The molecule has 0 aromatic heterocycles. The van der Waals surface area contributed by atoms with Crippen molar-refractivity contribution in [2.45, 2.75) is 6.42 Å². The second-order valence-electron chi connectivity index (χ2n) is 4.30. The van der Waals surface area contributed by atoms with Crippen LogP contribution in [0, 0.1) is 0 Å². The van der Waals surface area contributed by atoms with E-state index < -0.39 is 0 Å². The van der Waals surface area contributed by atoms with Crippen molar-refractivity contribution in [2.75, 3.05) is 18.5 Å². The monoisotopic (exact) mass is 239 g/mol. The van der Waals surface area contributed by atoms with E-state index >= 15 is 0 Å². The molecule has 2 aromatic rings. The first-order chi connectivity index (χ1) is 8.77. The molecule has 0 spiro atoms. The molecule has 0 aliphatic rings. The predicted octanol–water partition coefficient (Wildman–Crippen LogP) is 3.40. The van der Waals surface area contributed by atoms with Crippen LogP contribution in [0.5, 0.6) is 0 Å². The average Bonchev–Trinajstić information content (AvgIpc) is 2.46. The van der Waals surface area contributed by atoms with Gasteiger partial charge in [-0.25, -0.2) is 0 Å². The fourth-order valence-corrected chi connectivity index (χ4v) is 1.85. The van der Waals surface area contributed by atoms with Crippen LogP contribution in [-0.2, 0) is 0 Å². The van der Waals surface area contributed by atoms with Crippen molar-refractivity contribution in [3.05, 3.63) is 66.2 Å². The van der Waals surface area contributed by atoms with Crippen molar-refractivity contribution < 1.29 is 4.79 Å². The molecule has 0 fully saturated rings. The number of rotatable bonds is 5. The van der Waals surface area contributed by atoms with Crippen LogP contribution in [0.15, 0.2) is 60.7 Å². The summed E-state index contributed by atoms with van der Waals surface area (Å²) < 4.78 is 0. The Bertz CT molecular complexity index is 493. The summed E-state index contributed by atoms with van der Waals surface area (Å²) in [5.74, 6) is 0.193. The topological polar surface area (TPSA) is 20.3 Å². The van der Waals surface area contributed by atoms with Gasteiger partial charge in [-0.15, -0.1) is 0 Å². The van der Waals surface area contributed by atoms with Gasteiger partial charge in [-0.3, -0.25) is 4.79 Å². The molecule has 0 N–H and O–H groups in total. The number of carbonyl (C=O) groups excluding carboxylic acids is 1. The molecule has 0 heterocycles. The van der Waals surface area contributed by atoms with Crippen LogP contribution in [0.2, 0.25) is 0 Å². The first-order valence-corrected chi connectivity index (χ1v) is 6.12. The molecule has 0 saturated carbocycles. The molecular formula is C16H17NO. The van der Waals surface area contributed by atoms with Crippen LogP contribution in [0.25, 0.3) is 0 Å². The molecule has 0 saturated heterocycles. The van der Waals surface area contributed by atoms with Crippen LogP contribution < -0.4 is 4.90 Å². The van der Waals surface area contributed by atoms with Crippen LogP contribution in [0.1, 0.15) is 16.8 Å². The van der Waals surface area contributed by atoms with E-state index in [1.165, 1.54) is 0 Å². The zero-order valence-electron chi connectivity index (χ0n) is 10.5. The Hall–Kier alpha value is -2.09. The number of anilines is 1. The number of benzene rings is 2. The van der Waals surface area contributed by atoms with Gasteiger partial charge in [0.25, 0.3) is 0 Å². The van der Waals surface area contributed by atoms with E-state index in [0.717, 1.165) is 17.8 Å². The van der Waals surface area contributed by atoms with Crippen molar-refractivity contribution >= 4 is 11.5 Å². The van der Waals surface area contributed by atoms with Gasteiger partial charge in [0, 0.05) is 31.3 Å². The highest BCUT2D eigenvalue weighted by molar-refractivity contribution is 5.96. The van der Waals surface area contributed by atoms with Gasteiger partial charge in [-0.1, -0.05) is 48.5 Å². The minimum absolute atomic E-state index is 0.193. The fraction of sp³-hybridized carbons (Fsp3) is 0.188. The standard InChI is InChI=1S/C16H17NO/c1-17(15-10-6-3-7-11-15)13-12-16(18)14-8-4-2-5-9-14/h2-11H,12-13H2,1H3. The van der Waals surface area contributed by atoms with E-state index in [0.29, 0.717) is 6.42 Å². The van der Waals surface area contributed by atoms with Crippen LogP contribution >= 0.6 is 0 Å². The smallest absolute Gasteiger partial charge is 0.164 e. The quantitative estimate of drug-likeness (QED) is 0.745. The van der Waals surface area contributed by atoms with Gasteiger partial charge in [-0.2, -0.15) is 0 Å². The molecule has 0 radical (unpaired) electrons. The van der Waals surface area contributed by atoms with E-state index in [1.54, 1.807) is 0 Å². The highest BCUT2D eigenvalue weighted by Crippen LogP contribution is 2.12. The van der Waals surface area contributed by atoms with Gasteiger partial charge in [0.05, 0.1) is 0 Å². The number of nitrogens with zero attached hydrogens (tertiary/aromatic N) is 1. The molecule has 2 nitrogen and oxygen atoms in total. The molecule has 0 aliphatic heterocycles. The second-order valence-corrected chi connectivity index (χ2v) is 4.30. The van der Waals surface area contributed by atoms with E-state index in [-0.39, 0.29) is 5.78 Å². The molecule has 92 valence electrons. The third kappa shape index (κ3) is 3.20. The SMILES string of the molecule is CN(CCC(=O)c1ccccc1)c1ccccc1. The Kier molecular flexibility index (Phi) is 4.13. The number of Topliss-reactive ketones (excluding diaryl/α,β-unsaturated/α-hetero) is 1. The number of ketones is 1. The van der Waals surface area contributed by atoms with Crippen molar-refractivity contribution in [2.24, 2.45) is 0 Å². The molecule has 0 bridgehead atoms. The Balaban J connectivity index is 1.91. The average molecular weight is 239 g/mol. The molecule has 0 amide bonds. The van der Waals surface area contributed by atoms with Crippen LogP contribution in [0.4, 0.5) is 5.69 Å². The minimum atomic E-state index is 0.193. The van der Waals surface area contributed by atoms with E-state index in [9.17, 15) is 4.79 Å². The van der Waals surface area contributed by atoms with Crippen LogP contribution in [-0.4, -0.2) is 19.4 Å². The summed E-state index contributed by atoms with van der Waals surface area (Å²) in [6, 6.07) is 19.5. The molecule has 2 rings (SSSR count). The van der Waals surface area contributed by atoms with Gasteiger partial charge in [0.15, 0.2) is 5.78 Å². The predicted molar refractivity (Wildman–Crippen MR) is 75.1 cm³/mol. The summed E-state index contributed by atoms with van der Waals surface area (Å²) in [5.41, 5.74) is 1.93. The molecule has 0 unspecified atom stereocenters. The summed E-state index contributed by atoms with van der Waals surface area (Å²) in [7, 11) is 2.01. The Labute approximate surface area is 108 Å².